The van der Waals surface area contributed by atoms with Crippen molar-refractivity contribution in [1.82, 2.24) is 5.32 Å². The SMILES string of the molecule is CCCNCc1cccc(Br)c1OCCOCCC(C)C. The molecule has 0 aliphatic rings. The molecule has 3 nitrogen and oxygen atoms in total. The van der Waals surface area contributed by atoms with Gasteiger partial charge in [-0.2, -0.15) is 0 Å². The van der Waals surface area contributed by atoms with Crippen LogP contribution in [0.3, 0.4) is 0 Å². The van der Waals surface area contributed by atoms with Crippen LogP contribution in [0.25, 0.3) is 0 Å². The first kappa shape index (κ1) is 18.5. The Morgan fingerprint density at radius 2 is 2.00 bits per heavy atom. The van der Waals surface area contributed by atoms with Crippen LogP contribution < -0.4 is 10.1 Å². The summed E-state index contributed by atoms with van der Waals surface area (Å²) in [5.41, 5.74) is 1.18. The standard InChI is InChI=1S/C17H28BrNO2/c1-4-9-19-13-15-6-5-7-16(18)17(15)21-12-11-20-10-8-14(2)3/h5-7,14,19H,4,8-13H2,1-3H3. The second kappa shape index (κ2) is 11.0. The lowest BCUT2D eigenvalue weighted by Gasteiger charge is -2.14. The lowest BCUT2D eigenvalue weighted by Crippen LogP contribution is -2.16. The fourth-order valence-electron chi connectivity index (χ4n) is 1.88. The van der Waals surface area contributed by atoms with Gasteiger partial charge in [0, 0.05) is 18.7 Å². The Balaban J connectivity index is 2.38. The van der Waals surface area contributed by atoms with Crippen molar-refractivity contribution in [2.45, 2.75) is 40.2 Å². The molecule has 1 N–H and O–H groups in total. The number of halogens is 1. The highest BCUT2D eigenvalue weighted by Crippen LogP contribution is 2.29. The molecule has 0 saturated heterocycles. The summed E-state index contributed by atoms with van der Waals surface area (Å²) in [7, 11) is 0. The lowest BCUT2D eigenvalue weighted by molar-refractivity contribution is 0.0920. The first-order valence-corrected chi connectivity index (χ1v) is 8.63. The van der Waals surface area contributed by atoms with Gasteiger partial charge < -0.3 is 14.8 Å². The second-order valence-electron chi connectivity index (χ2n) is 5.55. The average molecular weight is 358 g/mol. The zero-order valence-corrected chi connectivity index (χ0v) is 15.0. The third kappa shape index (κ3) is 7.84. The van der Waals surface area contributed by atoms with Gasteiger partial charge in [0.25, 0.3) is 0 Å². The Bertz CT molecular complexity index is 396. The van der Waals surface area contributed by atoms with E-state index in [4.69, 9.17) is 9.47 Å². The zero-order valence-electron chi connectivity index (χ0n) is 13.5. The van der Waals surface area contributed by atoms with Gasteiger partial charge in [-0.05, 0) is 47.3 Å². The van der Waals surface area contributed by atoms with Gasteiger partial charge in [0.1, 0.15) is 12.4 Å². The predicted octanol–water partition coefficient (Wildman–Crippen LogP) is 4.39. The average Bonchev–Trinajstić information content (AvgIpc) is 2.44. The highest BCUT2D eigenvalue weighted by Gasteiger charge is 2.07. The molecule has 0 aliphatic carbocycles. The normalized spacial score (nSPS) is 11.1. The summed E-state index contributed by atoms with van der Waals surface area (Å²) < 4.78 is 12.5. The van der Waals surface area contributed by atoms with Crippen LogP contribution in [0.15, 0.2) is 22.7 Å². The molecule has 4 heteroatoms. The van der Waals surface area contributed by atoms with Gasteiger partial charge in [-0.15, -0.1) is 0 Å². The van der Waals surface area contributed by atoms with E-state index in [9.17, 15) is 0 Å². The van der Waals surface area contributed by atoms with Gasteiger partial charge in [-0.3, -0.25) is 0 Å². The van der Waals surface area contributed by atoms with E-state index in [0.29, 0.717) is 19.1 Å². The molecule has 21 heavy (non-hydrogen) atoms. The largest absolute Gasteiger partial charge is 0.490 e. The summed E-state index contributed by atoms with van der Waals surface area (Å²) in [4.78, 5) is 0. The van der Waals surface area contributed by atoms with Crippen LogP contribution in [0.2, 0.25) is 0 Å². The van der Waals surface area contributed by atoms with E-state index in [0.717, 1.165) is 42.8 Å². The van der Waals surface area contributed by atoms with Crippen molar-refractivity contribution in [2.75, 3.05) is 26.4 Å². The Kier molecular flexibility index (Phi) is 9.72. The van der Waals surface area contributed by atoms with E-state index in [1.807, 2.05) is 12.1 Å². The number of ether oxygens (including phenoxy) is 2. The summed E-state index contributed by atoms with van der Waals surface area (Å²) in [6.07, 6.45) is 2.23. The highest BCUT2D eigenvalue weighted by molar-refractivity contribution is 9.10. The van der Waals surface area contributed by atoms with Crippen molar-refractivity contribution in [3.05, 3.63) is 28.2 Å². The number of hydrogen-bond donors (Lipinski definition) is 1. The van der Waals surface area contributed by atoms with Crippen LogP contribution in [-0.2, 0) is 11.3 Å². The van der Waals surface area contributed by atoms with E-state index in [1.165, 1.54) is 5.56 Å². The van der Waals surface area contributed by atoms with Crippen LogP contribution in [-0.4, -0.2) is 26.4 Å². The van der Waals surface area contributed by atoms with Crippen molar-refractivity contribution in [3.63, 3.8) is 0 Å². The van der Waals surface area contributed by atoms with Crippen molar-refractivity contribution in [2.24, 2.45) is 5.92 Å². The van der Waals surface area contributed by atoms with Crippen molar-refractivity contribution < 1.29 is 9.47 Å². The lowest BCUT2D eigenvalue weighted by atomic mass is 10.1. The van der Waals surface area contributed by atoms with Gasteiger partial charge >= 0.3 is 0 Å². The molecule has 120 valence electrons. The molecule has 0 bridgehead atoms. The molecule has 0 aliphatic heterocycles. The molecule has 0 unspecified atom stereocenters. The first-order valence-electron chi connectivity index (χ1n) is 7.83. The van der Waals surface area contributed by atoms with E-state index < -0.39 is 0 Å². The highest BCUT2D eigenvalue weighted by atomic mass is 79.9. The third-order valence-electron chi connectivity index (χ3n) is 3.10. The Morgan fingerprint density at radius 3 is 2.71 bits per heavy atom. The number of para-hydroxylation sites is 1. The minimum atomic E-state index is 0.585. The summed E-state index contributed by atoms with van der Waals surface area (Å²) >= 11 is 3.56. The molecule has 1 aromatic carbocycles. The van der Waals surface area contributed by atoms with E-state index in [1.54, 1.807) is 0 Å². The van der Waals surface area contributed by atoms with Gasteiger partial charge in [-0.1, -0.05) is 32.9 Å². The van der Waals surface area contributed by atoms with E-state index in [-0.39, 0.29) is 0 Å². The smallest absolute Gasteiger partial charge is 0.138 e. The minimum Gasteiger partial charge on any atom is -0.490 e. The van der Waals surface area contributed by atoms with Crippen molar-refractivity contribution in [1.29, 1.82) is 0 Å². The fraction of sp³-hybridized carbons (Fsp3) is 0.647. The number of benzene rings is 1. The zero-order chi connectivity index (χ0) is 15.5. The minimum absolute atomic E-state index is 0.585. The van der Waals surface area contributed by atoms with Gasteiger partial charge in [0.05, 0.1) is 11.1 Å². The quantitative estimate of drug-likeness (QED) is 0.595. The maximum Gasteiger partial charge on any atom is 0.138 e. The van der Waals surface area contributed by atoms with Crippen LogP contribution >= 0.6 is 15.9 Å². The first-order chi connectivity index (χ1) is 10.1. The molecule has 0 amide bonds. The maximum atomic E-state index is 5.89. The topological polar surface area (TPSA) is 30.5 Å². The molecule has 0 spiro atoms. The van der Waals surface area contributed by atoms with Crippen LogP contribution in [0, 0.1) is 5.92 Å². The number of nitrogens with one attached hydrogen (secondary N) is 1. The van der Waals surface area contributed by atoms with E-state index >= 15 is 0 Å². The van der Waals surface area contributed by atoms with Gasteiger partial charge in [0.2, 0.25) is 0 Å². The van der Waals surface area contributed by atoms with Gasteiger partial charge in [0.15, 0.2) is 0 Å². The molecule has 0 atom stereocenters. The molecule has 1 rings (SSSR count). The summed E-state index contributed by atoms with van der Waals surface area (Å²) in [5.74, 6) is 1.61. The molecule has 0 aromatic heterocycles. The van der Waals surface area contributed by atoms with E-state index in [2.05, 4.69) is 48.1 Å². The van der Waals surface area contributed by atoms with Crippen molar-refractivity contribution in [3.8, 4) is 5.75 Å². The number of rotatable bonds is 11. The van der Waals surface area contributed by atoms with Crippen LogP contribution in [0.1, 0.15) is 39.2 Å². The van der Waals surface area contributed by atoms with Gasteiger partial charge in [-0.25, -0.2) is 0 Å². The Labute approximate surface area is 137 Å². The third-order valence-corrected chi connectivity index (χ3v) is 3.73. The Morgan fingerprint density at radius 1 is 1.19 bits per heavy atom. The summed E-state index contributed by atoms with van der Waals surface area (Å²) in [6.45, 7) is 10.5. The monoisotopic (exact) mass is 357 g/mol. The molecule has 0 fully saturated rings. The summed E-state index contributed by atoms with van der Waals surface area (Å²) in [5, 5.41) is 3.41. The molecule has 1 aromatic rings. The molecule has 0 heterocycles. The molecular weight excluding hydrogens is 330 g/mol. The predicted molar refractivity (Wildman–Crippen MR) is 91.9 cm³/mol. The second-order valence-corrected chi connectivity index (χ2v) is 6.40. The number of hydrogen-bond acceptors (Lipinski definition) is 3. The maximum absolute atomic E-state index is 5.89. The molecular formula is C17H28BrNO2. The fourth-order valence-corrected chi connectivity index (χ4v) is 2.40. The van der Waals surface area contributed by atoms with Crippen molar-refractivity contribution >= 4 is 15.9 Å². The molecule has 0 radical (unpaired) electrons. The molecule has 0 saturated carbocycles. The van der Waals surface area contributed by atoms with Crippen LogP contribution in [0.4, 0.5) is 0 Å². The Hall–Kier alpha value is -0.580. The summed E-state index contributed by atoms with van der Waals surface area (Å²) in [6, 6.07) is 6.15. The van der Waals surface area contributed by atoms with Crippen LogP contribution in [0.5, 0.6) is 5.75 Å².